The summed E-state index contributed by atoms with van der Waals surface area (Å²) < 4.78 is 69.9. The Kier molecular flexibility index (Phi) is 12.1. The lowest BCUT2D eigenvalue weighted by Gasteiger charge is -2.34. The summed E-state index contributed by atoms with van der Waals surface area (Å²) in [5.74, 6) is -1.23. The van der Waals surface area contributed by atoms with E-state index < -0.39 is 46.2 Å². The van der Waals surface area contributed by atoms with Crippen molar-refractivity contribution in [1.82, 2.24) is 10.2 Å². The predicted octanol–water partition coefficient (Wildman–Crippen LogP) is 7.11. The number of amides is 2. The number of sulfonamides is 1. The SMILES string of the molecule is CCCCNC(=O)C(Cc1ccccc1)N(Cc1ccc(Cl)cc1)C(=O)CN(c1cccc(C(F)(F)F)c1)S(=O)(=O)c1ccccc1. The molecule has 7 nitrogen and oxygen atoms in total. The third-order valence-corrected chi connectivity index (χ3v) is 9.48. The van der Waals surface area contributed by atoms with Gasteiger partial charge in [-0.25, -0.2) is 8.42 Å². The second kappa shape index (κ2) is 16.0. The molecule has 1 unspecified atom stereocenters. The minimum atomic E-state index is -4.76. The van der Waals surface area contributed by atoms with Gasteiger partial charge in [0.1, 0.15) is 12.6 Å². The lowest BCUT2D eigenvalue weighted by molar-refractivity contribution is -0.140. The molecule has 0 radical (unpaired) electrons. The number of rotatable bonds is 14. The van der Waals surface area contributed by atoms with E-state index in [0.29, 0.717) is 33.9 Å². The number of alkyl halides is 3. The highest BCUT2D eigenvalue weighted by Crippen LogP contribution is 2.33. The Morgan fingerprint density at radius 1 is 0.851 bits per heavy atom. The number of anilines is 1. The first kappa shape index (κ1) is 35.5. The molecule has 0 saturated carbocycles. The van der Waals surface area contributed by atoms with Crippen LogP contribution in [-0.2, 0) is 38.8 Å². The first-order valence-electron chi connectivity index (χ1n) is 15.0. The Morgan fingerprint density at radius 3 is 2.11 bits per heavy atom. The topological polar surface area (TPSA) is 86.8 Å². The number of hydrogen-bond acceptors (Lipinski definition) is 4. The highest BCUT2D eigenvalue weighted by Gasteiger charge is 2.36. The Balaban J connectivity index is 1.82. The van der Waals surface area contributed by atoms with Crippen molar-refractivity contribution in [3.05, 3.63) is 131 Å². The van der Waals surface area contributed by atoms with E-state index in [1.54, 1.807) is 42.5 Å². The van der Waals surface area contributed by atoms with E-state index in [4.69, 9.17) is 11.6 Å². The molecular weight excluding hydrogens is 651 g/mol. The molecule has 0 bridgehead atoms. The fourth-order valence-corrected chi connectivity index (χ4v) is 6.49. The quantitative estimate of drug-likeness (QED) is 0.143. The number of hydrogen-bond donors (Lipinski definition) is 1. The van der Waals surface area contributed by atoms with E-state index in [-0.39, 0.29) is 23.5 Å². The van der Waals surface area contributed by atoms with Gasteiger partial charge in [0.15, 0.2) is 0 Å². The number of nitrogens with one attached hydrogen (secondary N) is 1. The van der Waals surface area contributed by atoms with Gasteiger partial charge in [0, 0.05) is 24.5 Å². The van der Waals surface area contributed by atoms with E-state index in [2.05, 4.69) is 5.32 Å². The predicted molar refractivity (Wildman–Crippen MR) is 176 cm³/mol. The molecule has 47 heavy (non-hydrogen) atoms. The van der Waals surface area contributed by atoms with Crippen LogP contribution in [0.15, 0.2) is 114 Å². The van der Waals surface area contributed by atoms with Crippen LogP contribution in [0.3, 0.4) is 0 Å². The first-order valence-corrected chi connectivity index (χ1v) is 16.8. The van der Waals surface area contributed by atoms with Crippen molar-refractivity contribution in [3.63, 3.8) is 0 Å². The van der Waals surface area contributed by atoms with Gasteiger partial charge in [0.05, 0.1) is 16.1 Å². The lowest BCUT2D eigenvalue weighted by atomic mass is 10.0. The zero-order valence-corrected chi connectivity index (χ0v) is 27.2. The van der Waals surface area contributed by atoms with E-state index >= 15 is 0 Å². The normalized spacial score (nSPS) is 12.3. The molecule has 0 saturated heterocycles. The summed E-state index contributed by atoms with van der Waals surface area (Å²) in [4.78, 5) is 29.2. The molecular formula is C35H35ClF3N3O4S. The fraction of sp³-hybridized carbons (Fsp3) is 0.257. The van der Waals surface area contributed by atoms with E-state index in [1.165, 1.54) is 35.2 Å². The van der Waals surface area contributed by atoms with Gasteiger partial charge in [0.2, 0.25) is 11.8 Å². The lowest BCUT2D eigenvalue weighted by Crippen LogP contribution is -2.53. The second-order valence-corrected chi connectivity index (χ2v) is 13.2. The first-order chi connectivity index (χ1) is 22.4. The van der Waals surface area contributed by atoms with Gasteiger partial charge in [-0.2, -0.15) is 13.2 Å². The maximum atomic E-state index is 14.4. The van der Waals surface area contributed by atoms with Crippen LogP contribution < -0.4 is 9.62 Å². The summed E-state index contributed by atoms with van der Waals surface area (Å²) in [6.45, 7) is 1.36. The van der Waals surface area contributed by atoms with Gasteiger partial charge in [-0.1, -0.05) is 91.7 Å². The van der Waals surface area contributed by atoms with Gasteiger partial charge < -0.3 is 10.2 Å². The van der Waals surface area contributed by atoms with Crippen LogP contribution in [-0.4, -0.2) is 44.3 Å². The third-order valence-electron chi connectivity index (χ3n) is 7.44. The molecule has 0 aliphatic carbocycles. The van der Waals surface area contributed by atoms with Crippen molar-refractivity contribution >= 4 is 39.1 Å². The molecule has 0 aliphatic heterocycles. The number of nitrogens with zero attached hydrogens (tertiary/aromatic N) is 2. The van der Waals surface area contributed by atoms with Crippen LogP contribution in [0.2, 0.25) is 5.02 Å². The number of carbonyl (C=O) groups is 2. The average Bonchev–Trinajstić information content (AvgIpc) is 3.06. The Labute approximate surface area is 278 Å². The van der Waals surface area contributed by atoms with E-state index in [9.17, 15) is 31.2 Å². The Bertz CT molecular complexity index is 1740. The van der Waals surface area contributed by atoms with Crippen molar-refractivity contribution in [1.29, 1.82) is 0 Å². The van der Waals surface area contributed by atoms with Crippen molar-refractivity contribution < 1.29 is 31.2 Å². The van der Waals surface area contributed by atoms with Crippen molar-refractivity contribution in [2.75, 3.05) is 17.4 Å². The summed E-state index contributed by atoms with van der Waals surface area (Å²) in [5.41, 5.74) is -0.0659. The van der Waals surface area contributed by atoms with Gasteiger partial charge in [-0.15, -0.1) is 0 Å². The van der Waals surface area contributed by atoms with Gasteiger partial charge in [0.25, 0.3) is 10.0 Å². The molecule has 248 valence electrons. The number of halogens is 4. The fourth-order valence-electron chi connectivity index (χ4n) is 4.93. The summed E-state index contributed by atoms with van der Waals surface area (Å²) in [7, 11) is -4.55. The molecule has 0 heterocycles. The van der Waals surface area contributed by atoms with E-state index in [1.807, 2.05) is 25.1 Å². The molecule has 1 atom stereocenters. The summed E-state index contributed by atoms with van der Waals surface area (Å²) >= 11 is 6.09. The third kappa shape index (κ3) is 9.59. The Morgan fingerprint density at radius 2 is 1.49 bits per heavy atom. The van der Waals surface area contributed by atoms with Crippen molar-refractivity contribution in [2.45, 2.75) is 49.8 Å². The monoisotopic (exact) mass is 685 g/mol. The van der Waals surface area contributed by atoms with Crippen LogP contribution >= 0.6 is 11.6 Å². The summed E-state index contributed by atoms with van der Waals surface area (Å²) in [6, 6.07) is 25.5. The second-order valence-electron chi connectivity index (χ2n) is 10.9. The molecule has 0 fully saturated rings. The summed E-state index contributed by atoms with van der Waals surface area (Å²) in [5, 5.41) is 3.34. The number of carbonyl (C=O) groups excluding carboxylic acids is 2. The molecule has 4 rings (SSSR count). The largest absolute Gasteiger partial charge is 0.416 e. The summed E-state index contributed by atoms with van der Waals surface area (Å²) in [6.07, 6.45) is -3.14. The molecule has 0 spiro atoms. The van der Waals surface area contributed by atoms with Crippen LogP contribution in [0, 0.1) is 0 Å². The van der Waals surface area contributed by atoms with Crippen LogP contribution in [0.1, 0.15) is 36.5 Å². The molecule has 1 N–H and O–H groups in total. The molecule has 0 aromatic heterocycles. The van der Waals surface area contributed by atoms with Crippen LogP contribution in [0.5, 0.6) is 0 Å². The van der Waals surface area contributed by atoms with Crippen LogP contribution in [0.4, 0.5) is 18.9 Å². The van der Waals surface area contributed by atoms with Gasteiger partial charge in [-0.05, 0) is 60.0 Å². The molecule has 12 heteroatoms. The molecule has 4 aromatic rings. The zero-order chi connectivity index (χ0) is 34.0. The maximum absolute atomic E-state index is 14.4. The van der Waals surface area contributed by atoms with E-state index in [0.717, 1.165) is 24.1 Å². The highest BCUT2D eigenvalue weighted by molar-refractivity contribution is 7.92. The highest BCUT2D eigenvalue weighted by atomic mass is 35.5. The minimum Gasteiger partial charge on any atom is -0.354 e. The van der Waals surface area contributed by atoms with Gasteiger partial charge in [-0.3, -0.25) is 13.9 Å². The van der Waals surface area contributed by atoms with Crippen molar-refractivity contribution in [2.24, 2.45) is 0 Å². The molecule has 0 aliphatic rings. The Hall–Kier alpha value is -4.35. The van der Waals surface area contributed by atoms with Gasteiger partial charge >= 0.3 is 6.18 Å². The number of benzene rings is 4. The molecule has 4 aromatic carbocycles. The zero-order valence-electron chi connectivity index (χ0n) is 25.7. The number of unbranched alkanes of at least 4 members (excludes halogenated alkanes) is 1. The molecule has 2 amide bonds. The minimum absolute atomic E-state index is 0.101. The van der Waals surface area contributed by atoms with Crippen molar-refractivity contribution in [3.8, 4) is 0 Å². The maximum Gasteiger partial charge on any atom is 0.416 e. The standard InChI is InChI=1S/C35H35ClF3N3O4S/c1-2-3-21-40-34(44)32(22-26-11-6-4-7-12-26)41(24-27-17-19-29(36)20-18-27)33(43)25-42(47(45,46)31-15-8-5-9-16-31)30-14-10-13-28(23-30)35(37,38)39/h4-20,23,32H,2-3,21-22,24-25H2,1H3,(H,40,44). The smallest absolute Gasteiger partial charge is 0.354 e. The average molecular weight is 686 g/mol. The van der Waals surface area contributed by atoms with Crippen LogP contribution in [0.25, 0.3) is 0 Å².